The molecule has 0 saturated heterocycles. The van der Waals surface area contributed by atoms with Crippen molar-refractivity contribution in [1.82, 2.24) is 29.8 Å². The van der Waals surface area contributed by atoms with Crippen LogP contribution in [0.15, 0.2) is 110 Å². The van der Waals surface area contributed by atoms with Crippen LogP contribution in [0, 0.1) is 0 Å². The number of anilines is 5. The van der Waals surface area contributed by atoms with Crippen LogP contribution in [0.2, 0.25) is 0 Å². The van der Waals surface area contributed by atoms with Crippen molar-refractivity contribution in [2.45, 2.75) is 58.5 Å². The van der Waals surface area contributed by atoms with Gasteiger partial charge in [0.15, 0.2) is 0 Å². The standard InChI is InChI=1S/C52H47F6N11O9/c1-5-67(6-2)41-11-7-32(21-37(41)51(53,54)55)65-48(74)68-17-15-30-19-35(9-12-39(30)68)76-45-24-34(60-27-62-45)23-44(71)59-26-50(4,47(72)73)78-42-14-8-33(22-38(42)52(56,57)58)66-49(75)69-18-16-31-20-36(10-13-40(31)69)77-46-25-43(61-28-63-46)64-29(3)70/h7-15,17,19-22,24-25,27-28H,5-6,16,18,23,26H2,1-4H3,(H,59,71)(H,65,74)(H,66,75)(H,72,73)(H,61,63,64,70). The molecule has 1 aliphatic heterocycles. The molecular weight excluding hydrogens is 1040 g/mol. The van der Waals surface area contributed by atoms with Crippen LogP contribution in [0.5, 0.6) is 29.0 Å². The molecule has 0 bridgehead atoms. The van der Waals surface area contributed by atoms with E-state index in [0.29, 0.717) is 53.5 Å². The highest BCUT2D eigenvalue weighted by atomic mass is 19.4. The van der Waals surface area contributed by atoms with Gasteiger partial charge in [-0.15, -0.1) is 0 Å². The molecule has 4 aromatic carbocycles. The number of nitrogens with zero attached hydrogens (tertiary/aromatic N) is 7. The van der Waals surface area contributed by atoms with Crippen LogP contribution in [-0.4, -0.2) is 91.2 Å². The fourth-order valence-electron chi connectivity index (χ4n) is 8.29. The molecule has 5 N–H and O–H groups in total. The van der Waals surface area contributed by atoms with E-state index in [1.165, 1.54) is 65.3 Å². The lowest BCUT2D eigenvalue weighted by Gasteiger charge is -2.28. The molecule has 1 aliphatic rings. The van der Waals surface area contributed by atoms with E-state index >= 15 is 0 Å². The zero-order chi connectivity index (χ0) is 56.1. The third kappa shape index (κ3) is 12.8. The minimum absolute atomic E-state index is 0.00790. The fourth-order valence-corrected chi connectivity index (χ4v) is 8.29. The van der Waals surface area contributed by atoms with Gasteiger partial charge in [-0.3, -0.25) is 19.1 Å². The van der Waals surface area contributed by atoms with Crippen LogP contribution in [-0.2, 0) is 39.6 Å². The van der Waals surface area contributed by atoms with Crippen molar-refractivity contribution in [3.05, 3.63) is 132 Å². The van der Waals surface area contributed by atoms with Crippen molar-refractivity contribution in [3.8, 4) is 29.0 Å². The van der Waals surface area contributed by atoms with E-state index in [1.807, 2.05) is 0 Å². The summed E-state index contributed by atoms with van der Waals surface area (Å²) in [6.45, 7) is 5.83. The number of hydrogen-bond donors (Lipinski definition) is 5. The van der Waals surface area contributed by atoms with Crippen LogP contribution in [0.3, 0.4) is 0 Å². The number of carbonyl (C=O) groups excluding carboxylic acids is 4. The quantitative estimate of drug-likeness (QED) is 0.0533. The van der Waals surface area contributed by atoms with Crippen LogP contribution in [0.25, 0.3) is 10.9 Å². The van der Waals surface area contributed by atoms with Gasteiger partial charge in [-0.2, -0.15) is 26.3 Å². The number of aliphatic carboxylic acids is 1. The van der Waals surface area contributed by atoms with Gasteiger partial charge in [0.25, 0.3) is 0 Å². The highest BCUT2D eigenvalue weighted by molar-refractivity contribution is 6.03. The predicted octanol–water partition coefficient (Wildman–Crippen LogP) is 9.90. The molecule has 406 valence electrons. The Morgan fingerprint density at radius 3 is 2.04 bits per heavy atom. The van der Waals surface area contributed by atoms with Crippen LogP contribution in [0.4, 0.5) is 64.5 Å². The van der Waals surface area contributed by atoms with Gasteiger partial charge in [0.2, 0.25) is 29.2 Å². The van der Waals surface area contributed by atoms with E-state index in [0.717, 1.165) is 31.5 Å². The lowest BCUT2D eigenvalue weighted by molar-refractivity contribution is -0.156. The van der Waals surface area contributed by atoms with Gasteiger partial charge >= 0.3 is 30.4 Å². The van der Waals surface area contributed by atoms with Crippen molar-refractivity contribution in [2.75, 3.05) is 51.9 Å². The molecule has 0 fully saturated rings. The molecule has 0 aliphatic carbocycles. The number of nitrogens with one attached hydrogen (secondary N) is 4. The number of rotatable bonds is 17. The number of hydrogen-bond acceptors (Lipinski definition) is 13. The first-order valence-corrected chi connectivity index (χ1v) is 23.8. The fraction of sp³-hybridized carbons (Fsp3) is 0.250. The Bertz CT molecular complexity index is 3440. The average molecular weight is 1080 g/mol. The number of aromatic nitrogens is 5. The first kappa shape index (κ1) is 54.8. The maximum Gasteiger partial charge on any atom is 0.420 e. The third-order valence-corrected chi connectivity index (χ3v) is 12.1. The largest absolute Gasteiger partial charge is 0.478 e. The summed E-state index contributed by atoms with van der Waals surface area (Å²) in [6, 6.07) is 18.4. The molecule has 4 heterocycles. The Hall–Kier alpha value is -9.49. The zero-order valence-corrected chi connectivity index (χ0v) is 41.7. The summed E-state index contributed by atoms with van der Waals surface area (Å²) >= 11 is 0. The molecule has 0 spiro atoms. The number of ether oxygens (including phenoxy) is 3. The van der Waals surface area contributed by atoms with Crippen LogP contribution < -0.4 is 45.3 Å². The summed E-state index contributed by atoms with van der Waals surface area (Å²) < 4.78 is 104. The second-order valence-electron chi connectivity index (χ2n) is 17.6. The molecule has 26 heteroatoms. The molecule has 5 amide bonds. The van der Waals surface area contributed by atoms with E-state index in [-0.39, 0.29) is 58.5 Å². The van der Waals surface area contributed by atoms with Gasteiger partial charge in [-0.1, -0.05) is 0 Å². The first-order valence-electron chi connectivity index (χ1n) is 23.8. The molecule has 1 atom stereocenters. The number of amides is 5. The number of benzene rings is 4. The molecule has 20 nitrogen and oxygen atoms in total. The topological polar surface area (TPSA) is 244 Å². The molecule has 78 heavy (non-hydrogen) atoms. The summed E-state index contributed by atoms with van der Waals surface area (Å²) in [4.78, 5) is 82.8. The Morgan fingerprint density at radius 2 is 1.36 bits per heavy atom. The van der Waals surface area contributed by atoms with Gasteiger partial charge < -0.3 is 45.5 Å². The SMILES string of the molecule is CCN(CC)c1ccc(NC(=O)n2ccc3cc(Oc4cc(CC(=O)NCC(C)(Oc5ccc(NC(=O)N6CCc7cc(Oc8cc(NC(C)=O)ncn8)ccc76)cc5C(F)(F)F)C(=O)O)ncn4)ccc32)cc1C(F)(F)F. The minimum Gasteiger partial charge on any atom is -0.478 e. The summed E-state index contributed by atoms with van der Waals surface area (Å²) in [6.07, 6.45) is -6.14. The number of alkyl halides is 6. The summed E-state index contributed by atoms with van der Waals surface area (Å²) in [5.74, 6) is -2.83. The number of carbonyl (C=O) groups is 5. The molecule has 7 aromatic rings. The Morgan fingerprint density at radius 1 is 0.718 bits per heavy atom. The van der Waals surface area contributed by atoms with Crippen molar-refractivity contribution < 1.29 is 69.6 Å². The van der Waals surface area contributed by atoms with Gasteiger partial charge in [0.05, 0.1) is 35.3 Å². The van der Waals surface area contributed by atoms with Crippen molar-refractivity contribution in [3.63, 3.8) is 0 Å². The molecule has 8 rings (SSSR count). The van der Waals surface area contributed by atoms with E-state index < -0.39 is 71.7 Å². The zero-order valence-electron chi connectivity index (χ0n) is 41.7. The van der Waals surface area contributed by atoms with Gasteiger partial charge in [0.1, 0.15) is 35.7 Å². The monoisotopic (exact) mass is 1080 g/mol. The lowest BCUT2D eigenvalue weighted by Crippen LogP contribution is -2.51. The Labute approximate surface area is 439 Å². The molecule has 3 aromatic heterocycles. The second kappa shape index (κ2) is 22.4. The van der Waals surface area contributed by atoms with Gasteiger partial charge in [0, 0.05) is 73.0 Å². The highest BCUT2D eigenvalue weighted by Gasteiger charge is 2.42. The van der Waals surface area contributed by atoms with Gasteiger partial charge in [-0.05, 0) is 112 Å². The first-order chi connectivity index (χ1) is 37.0. The van der Waals surface area contributed by atoms with Gasteiger partial charge in [-0.25, -0.2) is 34.3 Å². The average Bonchev–Trinajstić information content (AvgIpc) is 4.02. The maximum atomic E-state index is 14.6. The number of carboxylic acids is 1. The van der Waals surface area contributed by atoms with Crippen molar-refractivity contribution >= 4 is 69.3 Å². The lowest BCUT2D eigenvalue weighted by atomic mass is 10.1. The molecule has 0 radical (unpaired) electrons. The van der Waals surface area contributed by atoms with E-state index in [9.17, 15) is 55.4 Å². The van der Waals surface area contributed by atoms with Crippen LogP contribution in [0.1, 0.15) is 50.1 Å². The number of urea groups is 1. The summed E-state index contributed by atoms with van der Waals surface area (Å²) in [7, 11) is 0. The van der Waals surface area contributed by atoms with E-state index in [4.69, 9.17) is 14.2 Å². The molecule has 1 unspecified atom stereocenters. The van der Waals surface area contributed by atoms with E-state index in [2.05, 4.69) is 41.2 Å². The normalized spacial score (nSPS) is 13.0. The predicted molar refractivity (Wildman–Crippen MR) is 271 cm³/mol. The third-order valence-electron chi connectivity index (χ3n) is 12.1. The smallest absolute Gasteiger partial charge is 0.420 e. The molecule has 0 saturated carbocycles. The Balaban J connectivity index is 0.871. The number of fused-ring (bicyclic) bond motifs is 2. The van der Waals surface area contributed by atoms with Crippen molar-refractivity contribution in [2.24, 2.45) is 0 Å². The second-order valence-corrected chi connectivity index (χ2v) is 17.6. The summed E-state index contributed by atoms with van der Waals surface area (Å²) in [5, 5.41) is 20.5. The number of halogens is 6. The van der Waals surface area contributed by atoms with Crippen molar-refractivity contribution in [1.29, 1.82) is 0 Å². The highest BCUT2D eigenvalue weighted by Crippen LogP contribution is 2.41. The maximum absolute atomic E-state index is 14.6. The van der Waals surface area contributed by atoms with E-state index in [1.54, 1.807) is 49.1 Å². The molecular formula is C52H47F6N11O9. The minimum atomic E-state index is -5.10. The summed E-state index contributed by atoms with van der Waals surface area (Å²) in [5.41, 5.74) is -3.47. The Kier molecular flexibility index (Phi) is 15.7. The number of carboxylic acid groups (broad SMARTS) is 1. The van der Waals surface area contributed by atoms with Crippen LogP contribution >= 0.6 is 0 Å².